The Morgan fingerprint density at radius 1 is 1.23 bits per heavy atom. The van der Waals surface area contributed by atoms with Crippen LogP contribution in [0.5, 0.6) is 5.75 Å². The molecular weight excluding hydrogens is 284 g/mol. The molecule has 0 heterocycles. The van der Waals surface area contributed by atoms with Gasteiger partial charge in [0.25, 0.3) is 5.91 Å². The molecule has 1 amide bonds. The smallest absolute Gasteiger partial charge is 0.306 e. The summed E-state index contributed by atoms with van der Waals surface area (Å²) in [7, 11) is 0. The normalized spacial score (nSPS) is 20.7. The second-order valence-electron chi connectivity index (χ2n) is 5.38. The van der Waals surface area contributed by atoms with E-state index in [2.05, 4.69) is 5.32 Å². The van der Waals surface area contributed by atoms with Gasteiger partial charge in [0, 0.05) is 6.04 Å². The van der Waals surface area contributed by atoms with Crippen LogP contribution in [-0.2, 0) is 9.59 Å². The Balaban J connectivity index is 1.72. The van der Waals surface area contributed by atoms with Crippen LogP contribution >= 0.6 is 0 Å². The maximum absolute atomic E-state index is 11.8. The third-order valence-electron chi connectivity index (χ3n) is 3.79. The first kappa shape index (κ1) is 15.8. The van der Waals surface area contributed by atoms with Crippen LogP contribution in [0.25, 0.3) is 0 Å². The van der Waals surface area contributed by atoms with E-state index in [9.17, 15) is 9.59 Å². The molecule has 0 aromatic heterocycles. The van der Waals surface area contributed by atoms with E-state index in [1.807, 2.05) is 6.07 Å². The quantitative estimate of drug-likeness (QED) is 0.862. The summed E-state index contributed by atoms with van der Waals surface area (Å²) < 4.78 is 5.35. The van der Waals surface area contributed by atoms with E-state index in [0.717, 1.165) is 0 Å². The monoisotopic (exact) mass is 302 g/mol. The molecule has 0 atom stereocenters. The van der Waals surface area contributed by atoms with E-state index in [4.69, 9.17) is 15.1 Å². The van der Waals surface area contributed by atoms with Crippen LogP contribution in [0.4, 0.5) is 0 Å². The average Bonchev–Trinajstić information content (AvgIpc) is 2.54. The highest BCUT2D eigenvalue weighted by Crippen LogP contribution is 2.24. The minimum Gasteiger partial charge on any atom is -0.484 e. The summed E-state index contributed by atoms with van der Waals surface area (Å²) in [5, 5.41) is 20.5. The Kier molecular flexibility index (Phi) is 5.37. The first-order valence-corrected chi connectivity index (χ1v) is 7.23. The van der Waals surface area contributed by atoms with Crippen molar-refractivity contribution in [2.75, 3.05) is 6.61 Å². The highest BCUT2D eigenvalue weighted by Gasteiger charge is 2.26. The van der Waals surface area contributed by atoms with Gasteiger partial charge in [-0.05, 0) is 49.9 Å². The van der Waals surface area contributed by atoms with Crippen LogP contribution in [0.3, 0.4) is 0 Å². The summed E-state index contributed by atoms with van der Waals surface area (Å²) in [5.41, 5.74) is 0.534. The molecule has 2 rings (SSSR count). The first-order valence-electron chi connectivity index (χ1n) is 7.23. The molecule has 1 aliphatic carbocycles. The van der Waals surface area contributed by atoms with Crippen LogP contribution in [-0.4, -0.2) is 29.6 Å². The Labute approximate surface area is 128 Å². The summed E-state index contributed by atoms with van der Waals surface area (Å²) in [4.78, 5) is 22.7. The lowest BCUT2D eigenvalue weighted by Gasteiger charge is -2.26. The van der Waals surface area contributed by atoms with E-state index in [1.165, 1.54) is 0 Å². The topological polar surface area (TPSA) is 99.4 Å². The number of carbonyl (C=O) groups is 2. The van der Waals surface area contributed by atoms with E-state index >= 15 is 0 Å². The first-order chi connectivity index (χ1) is 10.6. The van der Waals surface area contributed by atoms with E-state index in [-0.39, 0.29) is 24.5 Å². The van der Waals surface area contributed by atoms with Gasteiger partial charge in [0.05, 0.1) is 17.6 Å². The van der Waals surface area contributed by atoms with Crippen LogP contribution < -0.4 is 10.1 Å². The zero-order valence-corrected chi connectivity index (χ0v) is 12.1. The second-order valence-corrected chi connectivity index (χ2v) is 5.38. The number of carbonyl (C=O) groups excluding carboxylic acids is 1. The predicted octanol–water partition coefficient (Wildman–Crippen LogP) is 1.70. The highest BCUT2D eigenvalue weighted by molar-refractivity contribution is 5.78. The van der Waals surface area contributed by atoms with Crippen LogP contribution in [0, 0.1) is 17.2 Å². The lowest BCUT2D eigenvalue weighted by atomic mass is 9.86. The molecule has 1 aromatic carbocycles. The largest absolute Gasteiger partial charge is 0.484 e. The second kappa shape index (κ2) is 7.46. The van der Waals surface area contributed by atoms with E-state index in [0.29, 0.717) is 37.0 Å². The number of carboxylic acid groups (broad SMARTS) is 1. The summed E-state index contributed by atoms with van der Waals surface area (Å²) in [6.07, 6.45) is 2.55. The van der Waals surface area contributed by atoms with Crippen molar-refractivity contribution in [1.82, 2.24) is 5.32 Å². The molecule has 22 heavy (non-hydrogen) atoms. The molecule has 0 radical (unpaired) electrons. The van der Waals surface area contributed by atoms with Crippen molar-refractivity contribution in [3.63, 3.8) is 0 Å². The number of hydrogen-bond acceptors (Lipinski definition) is 4. The van der Waals surface area contributed by atoms with Gasteiger partial charge < -0.3 is 15.2 Å². The molecule has 0 spiro atoms. The highest BCUT2D eigenvalue weighted by atomic mass is 16.5. The maximum Gasteiger partial charge on any atom is 0.306 e. The van der Waals surface area contributed by atoms with Gasteiger partial charge in [0.15, 0.2) is 6.61 Å². The molecule has 1 fully saturated rings. The number of nitrogens with zero attached hydrogens (tertiary/aromatic N) is 1. The van der Waals surface area contributed by atoms with Crippen molar-refractivity contribution < 1.29 is 19.4 Å². The molecular formula is C16H18N2O4. The number of nitrogens with one attached hydrogen (secondary N) is 1. The van der Waals surface area contributed by atoms with Gasteiger partial charge in [-0.15, -0.1) is 0 Å². The number of benzene rings is 1. The van der Waals surface area contributed by atoms with Crippen LogP contribution in [0.1, 0.15) is 31.2 Å². The van der Waals surface area contributed by atoms with Crippen LogP contribution in [0.2, 0.25) is 0 Å². The van der Waals surface area contributed by atoms with Gasteiger partial charge in [-0.3, -0.25) is 9.59 Å². The molecule has 0 unspecified atom stereocenters. The lowest BCUT2D eigenvalue weighted by Crippen LogP contribution is -2.40. The van der Waals surface area contributed by atoms with E-state index < -0.39 is 5.97 Å². The molecule has 0 bridgehead atoms. The molecule has 1 aromatic rings. The Bertz CT molecular complexity index is 569. The minimum absolute atomic E-state index is 0.0210. The molecule has 1 saturated carbocycles. The average molecular weight is 302 g/mol. The standard InChI is InChI=1S/C16H18N2O4/c17-9-11-1-7-14(8-2-11)22-10-15(19)18-13-5-3-12(4-6-13)16(20)21/h1-2,7-8,12-13H,3-6,10H2,(H,18,19)(H,20,21). The fourth-order valence-corrected chi connectivity index (χ4v) is 2.53. The Morgan fingerprint density at radius 3 is 2.41 bits per heavy atom. The third-order valence-corrected chi connectivity index (χ3v) is 3.79. The van der Waals surface area contributed by atoms with Crippen molar-refractivity contribution in [1.29, 1.82) is 5.26 Å². The Hall–Kier alpha value is -2.55. The van der Waals surface area contributed by atoms with Gasteiger partial charge in [0.2, 0.25) is 0 Å². The molecule has 0 saturated heterocycles. The van der Waals surface area contributed by atoms with Crippen molar-refractivity contribution in [3.05, 3.63) is 29.8 Å². The SMILES string of the molecule is N#Cc1ccc(OCC(=O)NC2CCC(C(=O)O)CC2)cc1. The number of amides is 1. The van der Waals surface area contributed by atoms with E-state index in [1.54, 1.807) is 24.3 Å². The van der Waals surface area contributed by atoms with Gasteiger partial charge in [-0.2, -0.15) is 5.26 Å². The fraction of sp³-hybridized carbons (Fsp3) is 0.438. The summed E-state index contributed by atoms with van der Waals surface area (Å²) in [5.74, 6) is -0.733. The molecule has 116 valence electrons. The van der Waals surface area contributed by atoms with Gasteiger partial charge in [-0.25, -0.2) is 0 Å². The summed E-state index contributed by atoms with van der Waals surface area (Å²) >= 11 is 0. The summed E-state index contributed by atoms with van der Waals surface area (Å²) in [6, 6.07) is 8.57. The van der Waals surface area contributed by atoms with Gasteiger partial charge in [0.1, 0.15) is 5.75 Å². The lowest BCUT2D eigenvalue weighted by molar-refractivity contribution is -0.142. The van der Waals surface area contributed by atoms with Crippen molar-refractivity contribution in [2.24, 2.45) is 5.92 Å². The maximum atomic E-state index is 11.8. The number of ether oxygens (including phenoxy) is 1. The molecule has 6 nitrogen and oxygen atoms in total. The van der Waals surface area contributed by atoms with Crippen molar-refractivity contribution in [3.8, 4) is 11.8 Å². The summed E-state index contributed by atoms with van der Waals surface area (Å²) in [6.45, 7) is -0.0925. The fourth-order valence-electron chi connectivity index (χ4n) is 2.53. The zero-order chi connectivity index (χ0) is 15.9. The van der Waals surface area contributed by atoms with Gasteiger partial charge >= 0.3 is 5.97 Å². The molecule has 1 aliphatic rings. The van der Waals surface area contributed by atoms with Crippen LogP contribution in [0.15, 0.2) is 24.3 Å². The zero-order valence-electron chi connectivity index (χ0n) is 12.1. The third kappa shape index (κ3) is 4.48. The van der Waals surface area contributed by atoms with Crippen molar-refractivity contribution in [2.45, 2.75) is 31.7 Å². The van der Waals surface area contributed by atoms with Crippen molar-refractivity contribution >= 4 is 11.9 Å². The molecule has 2 N–H and O–H groups in total. The van der Waals surface area contributed by atoms with Gasteiger partial charge in [-0.1, -0.05) is 0 Å². The number of carboxylic acids is 1. The number of aliphatic carboxylic acids is 1. The molecule has 6 heteroatoms. The minimum atomic E-state index is -0.756. The number of nitriles is 1. The molecule has 0 aliphatic heterocycles. The predicted molar refractivity (Wildman–Crippen MR) is 78.2 cm³/mol. The number of hydrogen-bond donors (Lipinski definition) is 2. The Morgan fingerprint density at radius 2 is 1.86 bits per heavy atom. The number of rotatable bonds is 5.